The van der Waals surface area contributed by atoms with Gasteiger partial charge in [0.05, 0.1) is 5.38 Å². The molecule has 2 unspecified atom stereocenters. The maximum absolute atomic E-state index is 6.70. The summed E-state index contributed by atoms with van der Waals surface area (Å²) in [6.45, 7) is 9.02. The molecule has 0 spiro atoms. The van der Waals surface area contributed by atoms with Gasteiger partial charge < -0.3 is 0 Å². The van der Waals surface area contributed by atoms with Crippen LogP contribution in [0.5, 0.6) is 0 Å². The molecule has 0 heterocycles. The van der Waals surface area contributed by atoms with Crippen LogP contribution < -0.4 is 0 Å². The van der Waals surface area contributed by atoms with Crippen molar-refractivity contribution in [1.82, 2.24) is 0 Å². The minimum atomic E-state index is 0.172. The minimum absolute atomic E-state index is 0.172. The summed E-state index contributed by atoms with van der Waals surface area (Å²) in [6, 6.07) is 8.98. The lowest BCUT2D eigenvalue weighted by molar-refractivity contribution is 0.426. The number of alkyl halides is 1. The predicted molar refractivity (Wildman–Crippen MR) is 87.0 cm³/mol. The lowest BCUT2D eigenvalue weighted by Gasteiger charge is -2.22. The second kappa shape index (κ2) is 8.64. The Balaban J connectivity index is 2.77. The number of halogens is 1. The third kappa shape index (κ3) is 4.84. The molecular weight excluding hydrogens is 252 g/mol. The van der Waals surface area contributed by atoms with Gasteiger partial charge in [-0.2, -0.15) is 0 Å². The molecule has 1 rings (SSSR count). The van der Waals surface area contributed by atoms with Crippen LogP contribution in [0, 0.1) is 5.92 Å². The van der Waals surface area contributed by atoms with E-state index in [1.165, 1.54) is 43.2 Å². The molecular formula is C18H29Cl. The van der Waals surface area contributed by atoms with E-state index in [-0.39, 0.29) is 5.38 Å². The van der Waals surface area contributed by atoms with Crippen molar-refractivity contribution in [3.63, 3.8) is 0 Å². The van der Waals surface area contributed by atoms with Crippen LogP contribution in [0.1, 0.15) is 82.2 Å². The zero-order chi connectivity index (χ0) is 14.3. The molecule has 0 saturated carbocycles. The van der Waals surface area contributed by atoms with Crippen molar-refractivity contribution in [1.29, 1.82) is 0 Å². The number of hydrogen-bond acceptors (Lipinski definition) is 0. The first-order valence-corrected chi connectivity index (χ1v) is 8.31. The number of benzene rings is 1. The first kappa shape index (κ1) is 16.6. The number of rotatable bonds is 8. The van der Waals surface area contributed by atoms with Crippen molar-refractivity contribution >= 4 is 11.6 Å². The molecule has 0 nitrogen and oxygen atoms in total. The Bertz CT molecular complexity index is 335. The molecule has 0 bridgehead atoms. The van der Waals surface area contributed by atoms with Gasteiger partial charge in [0.2, 0.25) is 0 Å². The summed E-state index contributed by atoms with van der Waals surface area (Å²) in [4.78, 5) is 0. The summed E-state index contributed by atoms with van der Waals surface area (Å²) >= 11 is 6.70. The fraction of sp³-hybridized carbons (Fsp3) is 0.667. The fourth-order valence-electron chi connectivity index (χ4n) is 2.69. The molecule has 1 aromatic rings. The van der Waals surface area contributed by atoms with Crippen molar-refractivity contribution in [2.24, 2.45) is 5.92 Å². The Morgan fingerprint density at radius 3 is 1.79 bits per heavy atom. The van der Waals surface area contributed by atoms with Crippen LogP contribution in [0.15, 0.2) is 24.3 Å². The molecule has 0 aliphatic carbocycles. The molecule has 0 radical (unpaired) electrons. The van der Waals surface area contributed by atoms with Gasteiger partial charge >= 0.3 is 0 Å². The van der Waals surface area contributed by atoms with Crippen molar-refractivity contribution in [3.05, 3.63) is 35.4 Å². The molecule has 19 heavy (non-hydrogen) atoms. The van der Waals surface area contributed by atoms with Crippen molar-refractivity contribution in [3.8, 4) is 0 Å². The molecule has 0 aliphatic rings. The summed E-state index contributed by atoms with van der Waals surface area (Å²) in [5.41, 5.74) is 2.72. The second-order valence-corrected chi connectivity index (χ2v) is 6.19. The summed E-state index contributed by atoms with van der Waals surface area (Å²) in [7, 11) is 0. The summed E-state index contributed by atoms with van der Waals surface area (Å²) < 4.78 is 0. The molecule has 0 aliphatic heterocycles. The van der Waals surface area contributed by atoms with Gasteiger partial charge in [-0.1, -0.05) is 64.8 Å². The van der Waals surface area contributed by atoms with Gasteiger partial charge in [0.15, 0.2) is 0 Å². The van der Waals surface area contributed by atoms with E-state index < -0.39 is 0 Å². The monoisotopic (exact) mass is 280 g/mol. The Labute approximate surface area is 124 Å². The van der Waals surface area contributed by atoms with Gasteiger partial charge in [0, 0.05) is 0 Å². The Morgan fingerprint density at radius 1 is 0.895 bits per heavy atom. The Hall–Kier alpha value is -0.490. The van der Waals surface area contributed by atoms with Crippen LogP contribution in [-0.2, 0) is 0 Å². The van der Waals surface area contributed by atoms with Crippen LogP contribution in [0.3, 0.4) is 0 Å². The standard InChI is InChI=1S/C18H29Cl/c1-5-8-16(9-6-2)18(19)17-12-10-15(11-13-17)14(4)7-3/h10-14,16,18H,5-9H2,1-4H3. The molecule has 2 atom stereocenters. The molecule has 108 valence electrons. The van der Waals surface area contributed by atoms with Crippen LogP contribution in [0.25, 0.3) is 0 Å². The zero-order valence-corrected chi connectivity index (χ0v) is 13.7. The van der Waals surface area contributed by atoms with E-state index in [0.717, 1.165) is 0 Å². The normalized spacial score (nSPS) is 14.6. The van der Waals surface area contributed by atoms with Gasteiger partial charge in [-0.15, -0.1) is 11.6 Å². The van der Waals surface area contributed by atoms with E-state index in [0.29, 0.717) is 11.8 Å². The molecule has 0 N–H and O–H groups in total. The molecule has 0 amide bonds. The van der Waals surface area contributed by atoms with E-state index in [1.807, 2.05) is 0 Å². The predicted octanol–water partition coefficient (Wildman–Crippen LogP) is 6.70. The minimum Gasteiger partial charge on any atom is -0.118 e. The summed E-state index contributed by atoms with van der Waals surface area (Å²) in [6.07, 6.45) is 6.10. The summed E-state index contributed by atoms with van der Waals surface area (Å²) in [5, 5.41) is 0.172. The molecule has 0 saturated heterocycles. The Morgan fingerprint density at radius 2 is 1.37 bits per heavy atom. The molecule has 1 heteroatoms. The van der Waals surface area contributed by atoms with Gasteiger partial charge in [-0.3, -0.25) is 0 Å². The van der Waals surface area contributed by atoms with Crippen LogP contribution in [-0.4, -0.2) is 0 Å². The van der Waals surface area contributed by atoms with Crippen molar-refractivity contribution in [2.45, 2.75) is 71.1 Å². The third-order valence-corrected chi connectivity index (χ3v) is 4.78. The van der Waals surface area contributed by atoms with Crippen molar-refractivity contribution in [2.75, 3.05) is 0 Å². The second-order valence-electron chi connectivity index (χ2n) is 5.72. The zero-order valence-electron chi connectivity index (χ0n) is 13.0. The summed E-state index contributed by atoms with van der Waals surface area (Å²) in [5.74, 6) is 1.26. The van der Waals surface area contributed by atoms with Crippen molar-refractivity contribution < 1.29 is 0 Å². The molecule has 0 aromatic heterocycles. The van der Waals surface area contributed by atoms with Crippen LogP contribution in [0.2, 0.25) is 0 Å². The Kier molecular flexibility index (Phi) is 7.53. The largest absolute Gasteiger partial charge is 0.118 e. The average Bonchev–Trinajstić information content (AvgIpc) is 2.45. The highest BCUT2D eigenvalue weighted by molar-refractivity contribution is 6.21. The smallest absolute Gasteiger partial charge is 0.0613 e. The van der Waals surface area contributed by atoms with Gasteiger partial charge in [0.25, 0.3) is 0 Å². The van der Waals surface area contributed by atoms with Crippen LogP contribution >= 0.6 is 11.6 Å². The van der Waals surface area contributed by atoms with E-state index in [4.69, 9.17) is 11.6 Å². The van der Waals surface area contributed by atoms with E-state index >= 15 is 0 Å². The highest BCUT2D eigenvalue weighted by atomic mass is 35.5. The first-order chi connectivity index (χ1) is 9.13. The van der Waals surface area contributed by atoms with E-state index in [2.05, 4.69) is 52.0 Å². The lowest BCUT2D eigenvalue weighted by Crippen LogP contribution is -2.08. The van der Waals surface area contributed by atoms with Gasteiger partial charge in [-0.05, 0) is 42.2 Å². The lowest BCUT2D eigenvalue weighted by atomic mass is 9.89. The molecule has 1 aromatic carbocycles. The number of hydrogen-bond donors (Lipinski definition) is 0. The SMILES string of the molecule is CCCC(CCC)C(Cl)c1ccc(C(C)CC)cc1. The topological polar surface area (TPSA) is 0 Å². The third-order valence-electron chi connectivity index (χ3n) is 4.17. The quantitative estimate of drug-likeness (QED) is 0.465. The fourth-order valence-corrected chi connectivity index (χ4v) is 3.09. The van der Waals surface area contributed by atoms with Gasteiger partial charge in [-0.25, -0.2) is 0 Å². The maximum atomic E-state index is 6.70. The highest BCUT2D eigenvalue weighted by Gasteiger charge is 2.19. The van der Waals surface area contributed by atoms with E-state index in [1.54, 1.807) is 0 Å². The average molecular weight is 281 g/mol. The molecule has 0 fully saturated rings. The maximum Gasteiger partial charge on any atom is 0.0613 e. The highest BCUT2D eigenvalue weighted by Crippen LogP contribution is 2.35. The van der Waals surface area contributed by atoms with E-state index in [9.17, 15) is 0 Å². The van der Waals surface area contributed by atoms with Crippen LogP contribution in [0.4, 0.5) is 0 Å². The first-order valence-electron chi connectivity index (χ1n) is 7.87. The van der Waals surface area contributed by atoms with Gasteiger partial charge in [0.1, 0.15) is 0 Å².